The molecule has 0 aromatic carbocycles. The molecule has 1 atom stereocenters. The standard InChI is InChI=1S/C12H18N2O3S/c1-2-17-12(15)10-11(18-8-14-10)13-6-9-4-3-5-16-7-9/h8-9,13H,2-7H2,1H3. The quantitative estimate of drug-likeness (QED) is 0.831. The number of hydrogen-bond donors (Lipinski definition) is 1. The van der Waals surface area contributed by atoms with Crippen molar-refractivity contribution in [2.45, 2.75) is 19.8 Å². The number of carbonyl (C=O) groups excluding carboxylic acids is 1. The van der Waals surface area contributed by atoms with Gasteiger partial charge < -0.3 is 14.8 Å². The Kier molecular flexibility index (Phi) is 4.95. The third kappa shape index (κ3) is 3.43. The van der Waals surface area contributed by atoms with Crippen molar-refractivity contribution in [2.75, 3.05) is 31.7 Å². The van der Waals surface area contributed by atoms with E-state index in [4.69, 9.17) is 9.47 Å². The molecule has 0 radical (unpaired) electrons. The van der Waals surface area contributed by atoms with Gasteiger partial charge in [-0.3, -0.25) is 0 Å². The van der Waals surface area contributed by atoms with Gasteiger partial charge in [-0.15, -0.1) is 11.3 Å². The molecule has 1 saturated heterocycles. The molecule has 18 heavy (non-hydrogen) atoms. The molecule has 2 rings (SSSR count). The van der Waals surface area contributed by atoms with Crippen LogP contribution in [0.15, 0.2) is 5.51 Å². The van der Waals surface area contributed by atoms with Gasteiger partial charge in [0.05, 0.1) is 18.7 Å². The average Bonchev–Trinajstić information content (AvgIpc) is 2.86. The fourth-order valence-electron chi connectivity index (χ4n) is 1.92. The van der Waals surface area contributed by atoms with Gasteiger partial charge in [0, 0.05) is 13.2 Å². The van der Waals surface area contributed by atoms with E-state index < -0.39 is 0 Å². The third-order valence-corrected chi connectivity index (χ3v) is 3.63. The molecule has 1 unspecified atom stereocenters. The highest BCUT2D eigenvalue weighted by atomic mass is 32.1. The van der Waals surface area contributed by atoms with E-state index in [2.05, 4.69) is 10.3 Å². The summed E-state index contributed by atoms with van der Waals surface area (Å²) in [5, 5.41) is 4.07. The number of rotatable bonds is 5. The Morgan fingerprint density at radius 1 is 1.72 bits per heavy atom. The van der Waals surface area contributed by atoms with Crippen LogP contribution in [-0.2, 0) is 9.47 Å². The van der Waals surface area contributed by atoms with Crippen LogP contribution in [0.1, 0.15) is 30.3 Å². The number of hydrogen-bond acceptors (Lipinski definition) is 6. The number of aromatic nitrogens is 1. The van der Waals surface area contributed by atoms with Crippen LogP contribution in [0.25, 0.3) is 0 Å². The molecular formula is C12H18N2O3S. The van der Waals surface area contributed by atoms with E-state index in [1.807, 2.05) is 0 Å². The molecule has 0 spiro atoms. The minimum absolute atomic E-state index is 0.360. The average molecular weight is 270 g/mol. The fraction of sp³-hybridized carbons (Fsp3) is 0.667. The molecule has 0 amide bonds. The largest absolute Gasteiger partial charge is 0.461 e. The van der Waals surface area contributed by atoms with E-state index in [1.165, 1.54) is 17.8 Å². The van der Waals surface area contributed by atoms with Gasteiger partial charge >= 0.3 is 5.97 Å². The summed E-state index contributed by atoms with van der Waals surface area (Å²) in [6.45, 7) is 4.63. The molecular weight excluding hydrogens is 252 g/mol. The molecule has 0 saturated carbocycles. The minimum atomic E-state index is -0.360. The van der Waals surface area contributed by atoms with Gasteiger partial charge in [0.1, 0.15) is 5.00 Å². The first-order valence-corrected chi connectivity index (χ1v) is 7.11. The maximum Gasteiger partial charge on any atom is 0.360 e. The molecule has 0 bridgehead atoms. The number of anilines is 1. The van der Waals surface area contributed by atoms with Crippen molar-refractivity contribution in [3.8, 4) is 0 Å². The first-order chi connectivity index (χ1) is 8.81. The molecule has 1 aliphatic heterocycles. The Hall–Kier alpha value is -1.14. The Morgan fingerprint density at radius 3 is 3.33 bits per heavy atom. The lowest BCUT2D eigenvalue weighted by Crippen LogP contribution is -2.24. The maximum absolute atomic E-state index is 11.6. The Bertz CT molecular complexity index is 388. The monoisotopic (exact) mass is 270 g/mol. The second-order valence-electron chi connectivity index (χ2n) is 4.21. The number of carbonyl (C=O) groups is 1. The van der Waals surface area contributed by atoms with Crippen LogP contribution in [0.5, 0.6) is 0 Å². The van der Waals surface area contributed by atoms with E-state index in [1.54, 1.807) is 12.4 Å². The number of thiazole rings is 1. The van der Waals surface area contributed by atoms with Crippen molar-refractivity contribution in [3.05, 3.63) is 11.2 Å². The van der Waals surface area contributed by atoms with Crippen molar-refractivity contribution in [3.63, 3.8) is 0 Å². The lowest BCUT2D eigenvalue weighted by Gasteiger charge is -2.22. The summed E-state index contributed by atoms with van der Waals surface area (Å²) in [5.41, 5.74) is 2.05. The Labute approximate surface area is 111 Å². The first kappa shape index (κ1) is 13.3. The van der Waals surface area contributed by atoms with E-state index >= 15 is 0 Å². The van der Waals surface area contributed by atoms with Crippen molar-refractivity contribution >= 4 is 22.3 Å². The highest BCUT2D eigenvalue weighted by molar-refractivity contribution is 7.14. The summed E-state index contributed by atoms with van der Waals surface area (Å²) < 4.78 is 10.4. The number of nitrogens with zero attached hydrogens (tertiary/aromatic N) is 1. The first-order valence-electron chi connectivity index (χ1n) is 6.23. The van der Waals surface area contributed by atoms with Crippen LogP contribution in [0.3, 0.4) is 0 Å². The SMILES string of the molecule is CCOC(=O)c1ncsc1NCC1CCCOC1. The van der Waals surface area contributed by atoms with E-state index in [9.17, 15) is 4.79 Å². The highest BCUT2D eigenvalue weighted by Gasteiger charge is 2.18. The predicted molar refractivity (Wildman–Crippen MR) is 70.1 cm³/mol. The van der Waals surface area contributed by atoms with Crippen LogP contribution in [0.2, 0.25) is 0 Å². The minimum Gasteiger partial charge on any atom is -0.461 e. The van der Waals surface area contributed by atoms with Gasteiger partial charge in [-0.25, -0.2) is 9.78 Å². The molecule has 1 aliphatic rings. The van der Waals surface area contributed by atoms with Crippen molar-refractivity contribution in [1.82, 2.24) is 4.98 Å². The van der Waals surface area contributed by atoms with Gasteiger partial charge in [-0.05, 0) is 25.7 Å². The molecule has 1 N–H and O–H groups in total. The Balaban J connectivity index is 1.88. The van der Waals surface area contributed by atoms with Gasteiger partial charge in [-0.2, -0.15) is 0 Å². The molecule has 6 heteroatoms. The molecule has 5 nitrogen and oxygen atoms in total. The second-order valence-corrected chi connectivity index (χ2v) is 5.07. The predicted octanol–water partition coefficient (Wildman–Crippen LogP) is 2.16. The van der Waals surface area contributed by atoms with Crippen molar-refractivity contribution < 1.29 is 14.3 Å². The van der Waals surface area contributed by atoms with Crippen LogP contribution < -0.4 is 5.32 Å². The van der Waals surface area contributed by atoms with Crippen LogP contribution in [0.4, 0.5) is 5.00 Å². The summed E-state index contributed by atoms with van der Waals surface area (Å²) in [4.78, 5) is 15.7. The summed E-state index contributed by atoms with van der Waals surface area (Å²) in [5.74, 6) is 0.150. The van der Waals surface area contributed by atoms with E-state index in [-0.39, 0.29) is 5.97 Å². The zero-order valence-electron chi connectivity index (χ0n) is 10.5. The maximum atomic E-state index is 11.6. The third-order valence-electron chi connectivity index (χ3n) is 2.84. The fourth-order valence-corrected chi connectivity index (χ4v) is 2.60. The van der Waals surface area contributed by atoms with Crippen LogP contribution in [0, 0.1) is 5.92 Å². The molecule has 100 valence electrons. The van der Waals surface area contributed by atoms with Gasteiger partial charge in [-0.1, -0.05) is 0 Å². The van der Waals surface area contributed by atoms with Crippen molar-refractivity contribution in [1.29, 1.82) is 0 Å². The normalized spacial score (nSPS) is 19.5. The zero-order chi connectivity index (χ0) is 12.8. The van der Waals surface area contributed by atoms with E-state index in [0.717, 1.165) is 31.2 Å². The zero-order valence-corrected chi connectivity index (χ0v) is 11.3. The number of ether oxygens (including phenoxy) is 2. The Morgan fingerprint density at radius 2 is 2.61 bits per heavy atom. The van der Waals surface area contributed by atoms with Gasteiger partial charge in [0.25, 0.3) is 0 Å². The topological polar surface area (TPSA) is 60.5 Å². The van der Waals surface area contributed by atoms with Gasteiger partial charge in [0.2, 0.25) is 0 Å². The lowest BCUT2D eigenvalue weighted by molar-refractivity contribution is 0.0521. The summed E-state index contributed by atoms with van der Waals surface area (Å²) >= 11 is 1.43. The molecule has 2 heterocycles. The van der Waals surface area contributed by atoms with Crippen LogP contribution >= 0.6 is 11.3 Å². The highest BCUT2D eigenvalue weighted by Crippen LogP contribution is 2.22. The molecule has 0 aliphatic carbocycles. The lowest BCUT2D eigenvalue weighted by atomic mass is 10.0. The molecule has 1 aromatic rings. The van der Waals surface area contributed by atoms with Crippen LogP contribution in [-0.4, -0.2) is 37.3 Å². The van der Waals surface area contributed by atoms with Gasteiger partial charge in [0.15, 0.2) is 5.69 Å². The smallest absolute Gasteiger partial charge is 0.360 e. The summed E-state index contributed by atoms with van der Waals surface area (Å²) in [6.07, 6.45) is 2.28. The second kappa shape index (κ2) is 6.70. The summed E-state index contributed by atoms with van der Waals surface area (Å²) in [7, 11) is 0. The number of nitrogens with one attached hydrogen (secondary N) is 1. The number of esters is 1. The molecule has 1 fully saturated rings. The van der Waals surface area contributed by atoms with E-state index in [0.29, 0.717) is 18.2 Å². The van der Waals surface area contributed by atoms with Crippen molar-refractivity contribution in [2.24, 2.45) is 5.92 Å². The summed E-state index contributed by atoms with van der Waals surface area (Å²) in [6, 6.07) is 0. The molecule has 1 aromatic heterocycles.